The number of rotatable bonds is 3. The van der Waals surface area contributed by atoms with Crippen molar-refractivity contribution in [3.63, 3.8) is 0 Å². The normalized spacial score (nSPS) is 15.6. The van der Waals surface area contributed by atoms with E-state index in [4.69, 9.17) is 12.2 Å². The molecule has 0 spiro atoms. The molecule has 0 saturated carbocycles. The topological polar surface area (TPSA) is 54.3 Å². The molecule has 2 aromatic carbocycles. The van der Waals surface area contributed by atoms with E-state index >= 15 is 0 Å². The highest BCUT2D eigenvalue weighted by atomic mass is 79.9. The standard InChI is InChI=1S/C22H15Br2N3O2S/c1-13-11-15(24)6-9-19(13)27-21(29)18(20(28)25-22(27)30)12-17-3-2-10-26(17)16-7-4-14(23)5-8-16/h2-12H,1H3,(H,25,28,30)/b18-12+. The van der Waals surface area contributed by atoms with Gasteiger partial charge in [-0.3, -0.25) is 19.8 Å². The van der Waals surface area contributed by atoms with Crippen LogP contribution in [0.5, 0.6) is 0 Å². The van der Waals surface area contributed by atoms with Crippen LogP contribution >= 0.6 is 44.1 Å². The van der Waals surface area contributed by atoms with Gasteiger partial charge in [-0.25, -0.2) is 0 Å². The smallest absolute Gasteiger partial charge is 0.270 e. The van der Waals surface area contributed by atoms with Crippen LogP contribution in [0, 0.1) is 6.92 Å². The summed E-state index contributed by atoms with van der Waals surface area (Å²) in [7, 11) is 0. The van der Waals surface area contributed by atoms with Crippen LogP contribution in [-0.2, 0) is 9.59 Å². The monoisotopic (exact) mass is 543 g/mol. The lowest BCUT2D eigenvalue weighted by Gasteiger charge is -2.30. The number of benzene rings is 2. The first-order chi connectivity index (χ1) is 14.3. The second kappa shape index (κ2) is 8.29. The van der Waals surface area contributed by atoms with Crippen molar-refractivity contribution in [2.45, 2.75) is 6.92 Å². The number of hydrogen-bond acceptors (Lipinski definition) is 3. The van der Waals surface area contributed by atoms with E-state index in [-0.39, 0.29) is 10.7 Å². The average molecular weight is 545 g/mol. The predicted molar refractivity (Wildman–Crippen MR) is 129 cm³/mol. The Morgan fingerprint density at radius 1 is 1.00 bits per heavy atom. The second-order valence-corrected chi connectivity index (χ2v) is 8.89. The number of amides is 2. The minimum Gasteiger partial charge on any atom is -0.317 e. The number of hydrogen-bond donors (Lipinski definition) is 1. The molecule has 1 fully saturated rings. The van der Waals surface area contributed by atoms with E-state index in [1.165, 1.54) is 4.90 Å². The Bertz CT molecular complexity index is 1220. The van der Waals surface area contributed by atoms with Crippen molar-refractivity contribution >= 4 is 72.8 Å². The first-order valence-electron chi connectivity index (χ1n) is 8.96. The number of thiocarbonyl (C=S) groups is 1. The van der Waals surface area contributed by atoms with E-state index in [9.17, 15) is 9.59 Å². The molecular formula is C22H15Br2N3O2S. The fourth-order valence-corrected chi connectivity index (χ4v) is 4.26. The Kier molecular flexibility index (Phi) is 5.73. The summed E-state index contributed by atoms with van der Waals surface area (Å²) in [6.07, 6.45) is 3.46. The van der Waals surface area contributed by atoms with E-state index in [0.717, 1.165) is 20.2 Å². The van der Waals surface area contributed by atoms with Gasteiger partial charge in [0.2, 0.25) is 0 Å². The number of carbonyl (C=O) groups is 2. The quantitative estimate of drug-likeness (QED) is 0.282. The summed E-state index contributed by atoms with van der Waals surface area (Å²) in [6.45, 7) is 1.88. The summed E-state index contributed by atoms with van der Waals surface area (Å²) in [4.78, 5) is 27.3. The van der Waals surface area contributed by atoms with Crippen LogP contribution in [0.15, 0.2) is 75.3 Å². The molecule has 0 unspecified atom stereocenters. The van der Waals surface area contributed by atoms with Crippen LogP contribution in [0.1, 0.15) is 11.3 Å². The van der Waals surface area contributed by atoms with Gasteiger partial charge in [0, 0.05) is 26.5 Å². The molecule has 8 heteroatoms. The van der Waals surface area contributed by atoms with E-state index in [1.807, 2.05) is 66.2 Å². The summed E-state index contributed by atoms with van der Waals surface area (Å²) in [5.41, 5.74) is 3.12. The molecule has 30 heavy (non-hydrogen) atoms. The molecule has 1 aliphatic rings. The number of aryl methyl sites for hydroxylation is 1. The lowest BCUT2D eigenvalue weighted by molar-refractivity contribution is -0.122. The van der Waals surface area contributed by atoms with Crippen LogP contribution in [-0.4, -0.2) is 21.5 Å². The molecule has 1 aromatic heterocycles. The molecule has 1 saturated heterocycles. The SMILES string of the molecule is Cc1cc(Br)ccc1N1C(=O)/C(=C/c2cccn2-c2ccc(Br)cc2)C(=O)NC1=S. The van der Waals surface area contributed by atoms with Crippen molar-refractivity contribution in [1.82, 2.24) is 9.88 Å². The number of carbonyl (C=O) groups excluding carboxylic acids is 2. The molecule has 3 aromatic rings. The van der Waals surface area contributed by atoms with Crippen molar-refractivity contribution in [3.8, 4) is 5.69 Å². The molecule has 0 aliphatic carbocycles. The van der Waals surface area contributed by atoms with Crippen molar-refractivity contribution < 1.29 is 9.59 Å². The van der Waals surface area contributed by atoms with Gasteiger partial charge < -0.3 is 4.57 Å². The van der Waals surface area contributed by atoms with Crippen LogP contribution in [0.25, 0.3) is 11.8 Å². The van der Waals surface area contributed by atoms with E-state index in [0.29, 0.717) is 11.4 Å². The molecule has 1 aliphatic heterocycles. The zero-order valence-corrected chi connectivity index (χ0v) is 19.7. The van der Waals surface area contributed by atoms with Crippen molar-refractivity contribution in [1.29, 1.82) is 0 Å². The van der Waals surface area contributed by atoms with Gasteiger partial charge in [0.25, 0.3) is 11.8 Å². The highest BCUT2D eigenvalue weighted by molar-refractivity contribution is 9.10. The Morgan fingerprint density at radius 3 is 2.40 bits per heavy atom. The number of nitrogens with zero attached hydrogens (tertiary/aromatic N) is 2. The Hall–Kier alpha value is -2.55. The van der Waals surface area contributed by atoms with E-state index < -0.39 is 11.8 Å². The van der Waals surface area contributed by atoms with Crippen LogP contribution in [0.4, 0.5) is 5.69 Å². The highest BCUT2D eigenvalue weighted by Gasteiger charge is 2.35. The Labute approximate surface area is 195 Å². The zero-order valence-electron chi connectivity index (χ0n) is 15.7. The third-order valence-corrected chi connectivity index (χ3v) is 5.99. The number of halogens is 2. The molecule has 0 bridgehead atoms. The maximum absolute atomic E-state index is 13.3. The van der Waals surface area contributed by atoms with Gasteiger partial charge in [0.15, 0.2) is 5.11 Å². The van der Waals surface area contributed by atoms with Crippen molar-refractivity contribution in [3.05, 3.63) is 86.6 Å². The van der Waals surface area contributed by atoms with Crippen molar-refractivity contribution in [2.24, 2.45) is 0 Å². The summed E-state index contributed by atoms with van der Waals surface area (Å²) >= 11 is 12.1. The van der Waals surface area contributed by atoms with Crippen LogP contribution in [0.2, 0.25) is 0 Å². The molecule has 2 heterocycles. The molecule has 4 rings (SSSR count). The second-order valence-electron chi connectivity index (χ2n) is 6.67. The van der Waals surface area contributed by atoms with Crippen LogP contribution < -0.4 is 10.2 Å². The van der Waals surface area contributed by atoms with Gasteiger partial charge in [0.05, 0.1) is 5.69 Å². The van der Waals surface area contributed by atoms with E-state index in [2.05, 4.69) is 37.2 Å². The molecule has 150 valence electrons. The third-order valence-electron chi connectivity index (χ3n) is 4.68. The van der Waals surface area contributed by atoms with Gasteiger partial charge in [-0.1, -0.05) is 31.9 Å². The fourth-order valence-electron chi connectivity index (χ4n) is 3.24. The third kappa shape index (κ3) is 3.90. The predicted octanol–water partition coefficient (Wildman–Crippen LogP) is 5.14. The van der Waals surface area contributed by atoms with Crippen LogP contribution in [0.3, 0.4) is 0 Å². The Morgan fingerprint density at radius 2 is 1.70 bits per heavy atom. The number of anilines is 1. The number of aromatic nitrogens is 1. The van der Waals surface area contributed by atoms with Gasteiger partial charge in [-0.05, 0) is 85.4 Å². The molecule has 5 nitrogen and oxygen atoms in total. The maximum Gasteiger partial charge on any atom is 0.270 e. The van der Waals surface area contributed by atoms with Gasteiger partial charge in [-0.15, -0.1) is 0 Å². The summed E-state index contributed by atoms with van der Waals surface area (Å²) in [6, 6.07) is 17.0. The summed E-state index contributed by atoms with van der Waals surface area (Å²) in [5.74, 6) is -0.975. The van der Waals surface area contributed by atoms with Crippen molar-refractivity contribution in [2.75, 3.05) is 4.90 Å². The van der Waals surface area contributed by atoms with Gasteiger partial charge >= 0.3 is 0 Å². The lowest BCUT2D eigenvalue weighted by atomic mass is 10.1. The largest absolute Gasteiger partial charge is 0.317 e. The average Bonchev–Trinajstić information content (AvgIpc) is 3.15. The molecule has 0 atom stereocenters. The highest BCUT2D eigenvalue weighted by Crippen LogP contribution is 2.28. The fraction of sp³-hybridized carbons (Fsp3) is 0.0455. The molecule has 0 radical (unpaired) electrons. The lowest BCUT2D eigenvalue weighted by Crippen LogP contribution is -2.54. The van der Waals surface area contributed by atoms with Gasteiger partial charge in [-0.2, -0.15) is 0 Å². The van der Waals surface area contributed by atoms with Gasteiger partial charge in [0.1, 0.15) is 5.57 Å². The minimum atomic E-state index is -0.514. The molecule has 1 N–H and O–H groups in total. The first-order valence-corrected chi connectivity index (χ1v) is 11.0. The Balaban J connectivity index is 1.76. The summed E-state index contributed by atoms with van der Waals surface area (Å²) in [5, 5.41) is 2.70. The molecular weight excluding hydrogens is 530 g/mol. The molecule has 2 amide bonds. The minimum absolute atomic E-state index is 0.0166. The summed E-state index contributed by atoms with van der Waals surface area (Å²) < 4.78 is 3.77. The number of nitrogens with one attached hydrogen (secondary N) is 1. The maximum atomic E-state index is 13.3. The zero-order chi connectivity index (χ0) is 21.4. The van der Waals surface area contributed by atoms with E-state index in [1.54, 1.807) is 12.1 Å². The first kappa shape index (κ1) is 20.7.